The molecule has 1 amide bonds. The normalized spacial score (nSPS) is 18.5. The van der Waals surface area contributed by atoms with E-state index in [0.29, 0.717) is 35.8 Å². The minimum atomic E-state index is -4.44. The molecule has 0 atom stereocenters. The third kappa shape index (κ3) is 4.54. The number of anilines is 1. The van der Waals surface area contributed by atoms with Crippen molar-refractivity contribution >= 4 is 11.7 Å². The molecule has 8 heteroatoms. The number of benzene rings is 1. The summed E-state index contributed by atoms with van der Waals surface area (Å²) in [7, 11) is 0. The molecule has 0 bridgehead atoms. The molecule has 31 heavy (non-hydrogen) atoms. The highest BCUT2D eigenvalue weighted by molar-refractivity contribution is 5.95. The molecule has 1 aromatic carbocycles. The van der Waals surface area contributed by atoms with Crippen LogP contribution < -0.4 is 5.73 Å². The summed E-state index contributed by atoms with van der Waals surface area (Å²) in [5, 5.41) is 0. The Morgan fingerprint density at radius 2 is 1.77 bits per heavy atom. The van der Waals surface area contributed by atoms with Gasteiger partial charge in [-0.1, -0.05) is 12.1 Å². The highest BCUT2D eigenvalue weighted by atomic mass is 19.4. The number of carbonyl (C=O) groups excluding carboxylic acids is 1. The number of likely N-dealkylation sites (tertiary alicyclic amines) is 2. The highest BCUT2D eigenvalue weighted by Gasteiger charge is 2.32. The van der Waals surface area contributed by atoms with Crippen molar-refractivity contribution in [3.05, 3.63) is 47.2 Å². The van der Waals surface area contributed by atoms with E-state index in [0.717, 1.165) is 38.1 Å². The smallest absolute Gasteiger partial charge is 0.383 e. The summed E-state index contributed by atoms with van der Waals surface area (Å²) in [6, 6.07) is 7.17. The molecule has 166 valence electrons. The van der Waals surface area contributed by atoms with Crippen LogP contribution in [0.3, 0.4) is 0 Å². The minimum Gasteiger partial charge on any atom is -0.383 e. The zero-order valence-corrected chi connectivity index (χ0v) is 17.6. The molecule has 5 nitrogen and oxygen atoms in total. The molecule has 0 radical (unpaired) electrons. The van der Waals surface area contributed by atoms with E-state index >= 15 is 0 Å². The first-order valence-electron chi connectivity index (χ1n) is 10.7. The van der Waals surface area contributed by atoms with Crippen molar-refractivity contribution in [3.8, 4) is 11.1 Å². The van der Waals surface area contributed by atoms with Crippen molar-refractivity contribution in [2.75, 3.05) is 31.9 Å². The van der Waals surface area contributed by atoms with Gasteiger partial charge in [0.1, 0.15) is 11.5 Å². The maximum Gasteiger partial charge on any atom is 0.416 e. The SMILES string of the molecule is Cc1cc(-c2cccc(C(F)(F)F)c2)c(N)nc1C(=O)N1CCC(N2CCCC2)CC1. The predicted octanol–water partition coefficient (Wildman–Crippen LogP) is 4.36. The summed E-state index contributed by atoms with van der Waals surface area (Å²) in [5.41, 5.74) is 6.94. The number of carbonyl (C=O) groups is 1. The Bertz CT molecular complexity index is 962. The molecule has 2 fully saturated rings. The second kappa shape index (κ2) is 8.49. The zero-order chi connectivity index (χ0) is 22.2. The summed E-state index contributed by atoms with van der Waals surface area (Å²) < 4.78 is 39.2. The van der Waals surface area contributed by atoms with Crippen molar-refractivity contribution in [1.29, 1.82) is 0 Å². The lowest BCUT2D eigenvalue weighted by molar-refractivity contribution is -0.137. The fourth-order valence-electron chi connectivity index (χ4n) is 4.63. The number of rotatable bonds is 3. The van der Waals surface area contributed by atoms with E-state index in [1.54, 1.807) is 19.1 Å². The number of aromatic nitrogens is 1. The number of hydrogen-bond donors (Lipinski definition) is 1. The number of pyridine rings is 1. The molecule has 2 aliphatic rings. The second-order valence-electron chi connectivity index (χ2n) is 8.43. The van der Waals surface area contributed by atoms with Crippen LogP contribution in [-0.2, 0) is 6.18 Å². The van der Waals surface area contributed by atoms with Crippen LogP contribution in [0.4, 0.5) is 19.0 Å². The maximum absolute atomic E-state index is 13.1. The Hall–Kier alpha value is -2.61. The van der Waals surface area contributed by atoms with E-state index in [4.69, 9.17) is 5.73 Å². The molecule has 4 rings (SSSR count). The van der Waals surface area contributed by atoms with Crippen molar-refractivity contribution in [2.24, 2.45) is 0 Å². The van der Waals surface area contributed by atoms with Crippen LogP contribution in [0.1, 0.15) is 47.3 Å². The second-order valence-corrected chi connectivity index (χ2v) is 8.43. The number of hydrogen-bond acceptors (Lipinski definition) is 4. The van der Waals surface area contributed by atoms with Crippen LogP contribution in [0.5, 0.6) is 0 Å². The van der Waals surface area contributed by atoms with Gasteiger partial charge in [0.05, 0.1) is 5.56 Å². The Labute approximate surface area is 180 Å². The molecular weight excluding hydrogens is 405 g/mol. The van der Waals surface area contributed by atoms with E-state index in [2.05, 4.69) is 9.88 Å². The van der Waals surface area contributed by atoms with Crippen LogP contribution in [-0.4, -0.2) is 52.9 Å². The lowest BCUT2D eigenvalue weighted by Gasteiger charge is -2.36. The van der Waals surface area contributed by atoms with Crippen LogP contribution in [0, 0.1) is 6.92 Å². The first-order valence-corrected chi connectivity index (χ1v) is 10.7. The molecule has 3 heterocycles. The first-order chi connectivity index (χ1) is 14.7. The van der Waals surface area contributed by atoms with Gasteiger partial charge in [-0.2, -0.15) is 13.2 Å². The molecule has 2 aliphatic heterocycles. The number of amides is 1. The van der Waals surface area contributed by atoms with Gasteiger partial charge < -0.3 is 15.5 Å². The molecule has 2 N–H and O–H groups in total. The number of halogens is 3. The molecule has 0 unspecified atom stereocenters. The van der Waals surface area contributed by atoms with Gasteiger partial charge in [0.2, 0.25) is 0 Å². The monoisotopic (exact) mass is 432 g/mol. The van der Waals surface area contributed by atoms with Gasteiger partial charge in [-0.05, 0) is 75.0 Å². The van der Waals surface area contributed by atoms with Gasteiger partial charge >= 0.3 is 6.18 Å². The van der Waals surface area contributed by atoms with Crippen molar-refractivity contribution in [1.82, 2.24) is 14.8 Å². The van der Waals surface area contributed by atoms with Crippen LogP contribution in [0.25, 0.3) is 11.1 Å². The highest BCUT2D eigenvalue weighted by Crippen LogP contribution is 2.34. The van der Waals surface area contributed by atoms with Gasteiger partial charge in [0.25, 0.3) is 5.91 Å². The molecule has 0 aliphatic carbocycles. The molecular formula is C23H27F3N4O. The average Bonchev–Trinajstić information content (AvgIpc) is 3.29. The Kier molecular flexibility index (Phi) is 5.92. The first kappa shape index (κ1) is 21.6. The number of nitrogen functional groups attached to an aromatic ring is 1. The fraction of sp³-hybridized carbons (Fsp3) is 0.478. The van der Waals surface area contributed by atoms with Crippen LogP contribution in [0.2, 0.25) is 0 Å². The molecule has 0 spiro atoms. The minimum absolute atomic E-state index is 0.0558. The standard InChI is InChI=1S/C23H27F3N4O/c1-15-13-19(16-5-4-6-17(14-16)23(24,25)26)21(27)28-20(15)22(31)30-11-7-18(8-12-30)29-9-2-3-10-29/h4-6,13-14,18H,2-3,7-12H2,1H3,(H2,27,28). The van der Waals surface area contributed by atoms with Crippen molar-refractivity contribution in [3.63, 3.8) is 0 Å². The lowest BCUT2D eigenvalue weighted by atomic mass is 10.00. The molecule has 2 aromatic rings. The van der Waals surface area contributed by atoms with Gasteiger partial charge in [-0.3, -0.25) is 4.79 Å². The van der Waals surface area contributed by atoms with Crippen molar-refractivity contribution < 1.29 is 18.0 Å². The van der Waals surface area contributed by atoms with E-state index < -0.39 is 11.7 Å². The van der Waals surface area contributed by atoms with Gasteiger partial charge in [0, 0.05) is 24.7 Å². The quantitative estimate of drug-likeness (QED) is 0.783. The summed E-state index contributed by atoms with van der Waals surface area (Å²) in [4.78, 5) is 21.7. The lowest BCUT2D eigenvalue weighted by Crippen LogP contribution is -2.46. The van der Waals surface area contributed by atoms with E-state index in [-0.39, 0.29) is 17.4 Å². The average molecular weight is 432 g/mol. The third-order valence-electron chi connectivity index (χ3n) is 6.35. The summed E-state index contributed by atoms with van der Waals surface area (Å²) in [5.74, 6) is -0.111. The Balaban J connectivity index is 1.52. The number of alkyl halides is 3. The van der Waals surface area contributed by atoms with Crippen molar-refractivity contribution in [2.45, 2.75) is 44.8 Å². The van der Waals surface area contributed by atoms with Gasteiger partial charge in [0.15, 0.2) is 0 Å². The predicted molar refractivity (Wildman–Crippen MR) is 114 cm³/mol. The fourth-order valence-corrected chi connectivity index (χ4v) is 4.63. The molecule has 0 saturated carbocycles. The number of nitrogens with two attached hydrogens (primary N) is 1. The van der Waals surface area contributed by atoms with E-state index in [1.165, 1.54) is 18.9 Å². The summed E-state index contributed by atoms with van der Waals surface area (Å²) in [6.45, 7) is 5.39. The number of aryl methyl sites for hydroxylation is 1. The molecule has 1 aromatic heterocycles. The van der Waals surface area contributed by atoms with Gasteiger partial charge in [-0.15, -0.1) is 0 Å². The van der Waals surface area contributed by atoms with E-state index in [1.807, 2.05) is 4.90 Å². The topological polar surface area (TPSA) is 62.5 Å². The van der Waals surface area contributed by atoms with Crippen LogP contribution in [0.15, 0.2) is 30.3 Å². The molecule has 2 saturated heterocycles. The Morgan fingerprint density at radius 3 is 2.42 bits per heavy atom. The summed E-state index contributed by atoms with van der Waals surface area (Å²) >= 11 is 0. The summed E-state index contributed by atoms with van der Waals surface area (Å²) in [6.07, 6.45) is -0.0466. The largest absolute Gasteiger partial charge is 0.416 e. The third-order valence-corrected chi connectivity index (χ3v) is 6.35. The number of nitrogens with zero attached hydrogens (tertiary/aromatic N) is 3. The van der Waals surface area contributed by atoms with Gasteiger partial charge in [-0.25, -0.2) is 4.98 Å². The zero-order valence-electron chi connectivity index (χ0n) is 17.6. The maximum atomic E-state index is 13.1. The van der Waals surface area contributed by atoms with E-state index in [9.17, 15) is 18.0 Å². The Morgan fingerprint density at radius 1 is 1.10 bits per heavy atom. The number of piperidine rings is 1. The van der Waals surface area contributed by atoms with Crippen LogP contribution >= 0.6 is 0 Å².